The Labute approximate surface area is 120 Å². The summed E-state index contributed by atoms with van der Waals surface area (Å²) in [6, 6.07) is 0.808. The fourth-order valence-corrected chi connectivity index (χ4v) is 4.51. The van der Waals surface area contributed by atoms with Gasteiger partial charge in [-0.15, -0.1) is 0 Å². The van der Waals surface area contributed by atoms with E-state index in [9.17, 15) is 0 Å². The molecular weight excluding hydrogens is 232 g/mol. The van der Waals surface area contributed by atoms with Crippen molar-refractivity contribution in [2.45, 2.75) is 83.7 Å². The van der Waals surface area contributed by atoms with Gasteiger partial charge >= 0.3 is 0 Å². The molecule has 1 saturated carbocycles. The molecule has 0 amide bonds. The summed E-state index contributed by atoms with van der Waals surface area (Å²) in [6.07, 6.45) is 10.9. The first-order chi connectivity index (χ1) is 9.13. The van der Waals surface area contributed by atoms with E-state index in [0.29, 0.717) is 5.54 Å². The number of nitrogens with two attached hydrogens (primary N) is 1. The molecule has 0 radical (unpaired) electrons. The van der Waals surface area contributed by atoms with Crippen molar-refractivity contribution in [1.82, 2.24) is 4.90 Å². The smallest absolute Gasteiger partial charge is 0.0337 e. The Hall–Kier alpha value is -0.0800. The molecule has 0 bridgehead atoms. The maximum atomic E-state index is 6.29. The van der Waals surface area contributed by atoms with E-state index in [4.69, 9.17) is 5.73 Å². The van der Waals surface area contributed by atoms with Crippen molar-refractivity contribution < 1.29 is 0 Å². The fraction of sp³-hybridized carbons (Fsp3) is 1.00. The molecule has 0 aromatic heterocycles. The largest absolute Gasteiger partial charge is 0.329 e. The molecule has 2 aliphatic rings. The molecule has 1 heterocycles. The molecule has 4 unspecified atom stereocenters. The van der Waals surface area contributed by atoms with Crippen LogP contribution in [0, 0.1) is 11.8 Å². The number of likely N-dealkylation sites (tertiary alicyclic amines) is 1. The Balaban J connectivity index is 2.14. The molecule has 1 aliphatic heterocycles. The number of nitrogens with zero attached hydrogens (tertiary/aromatic N) is 1. The predicted molar refractivity (Wildman–Crippen MR) is 83.2 cm³/mol. The molecule has 2 rings (SSSR count). The van der Waals surface area contributed by atoms with Crippen LogP contribution in [0.2, 0.25) is 0 Å². The standard InChI is InChI=1S/C17H34N2/c1-4-7-16-8-5-6-11-19(16)17(13-18)10-9-14(2)15(3)12-17/h14-16H,4-13,18H2,1-3H3. The van der Waals surface area contributed by atoms with E-state index in [1.807, 2.05) is 0 Å². The molecular formula is C17H34N2. The van der Waals surface area contributed by atoms with Gasteiger partial charge in [-0.3, -0.25) is 4.90 Å². The number of piperidine rings is 1. The van der Waals surface area contributed by atoms with Crippen LogP contribution in [0.4, 0.5) is 0 Å². The highest BCUT2D eigenvalue weighted by molar-refractivity contribution is 5.00. The highest BCUT2D eigenvalue weighted by Gasteiger charge is 2.44. The second kappa shape index (κ2) is 6.58. The van der Waals surface area contributed by atoms with Crippen molar-refractivity contribution >= 4 is 0 Å². The molecule has 19 heavy (non-hydrogen) atoms. The van der Waals surface area contributed by atoms with Gasteiger partial charge in [-0.1, -0.05) is 33.6 Å². The van der Waals surface area contributed by atoms with Crippen LogP contribution in [0.1, 0.15) is 72.1 Å². The average Bonchev–Trinajstić information content (AvgIpc) is 2.43. The predicted octanol–water partition coefficient (Wildman–Crippen LogP) is 3.79. The van der Waals surface area contributed by atoms with Gasteiger partial charge in [0.15, 0.2) is 0 Å². The minimum absolute atomic E-state index is 0.326. The van der Waals surface area contributed by atoms with E-state index >= 15 is 0 Å². The second-order valence-electron chi connectivity index (χ2n) is 7.26. The summed E-state index contributed by atoms with van der Waals surface area (Å²) in [5.41, 5.74) is 6.62. The Morgan fingerprint density at radius 1 is 1.16 bits per heavy atom. The normalized spacial score (nSPS) is 41.4. The van der Waals surface area contributed by atoms with Gasteiger partial charge in [-0.05, 0) is 56.9 Å². The molecule has 2 fully saturated rings. The summed E-state index contributed by atoms with van der Waals surface area (Å²) in [5.74, 6) is 1.72. The fourth-order valence-electron chi connectivity index (χ4n) is 4.51. The number of hydrogen-bond donors (Lipinski definition) is 1. The van der Waals surface area contributed by atoms with Crippen molar-refractivity contribution in [2.75, 3.05) is 13.1 Å². The van der Waals surface area contributed by atoms with E-state index in [-0.39, 0.29) is 0 Å². The average molecular weight is 266 g/mol. The third kappa shape index (κ3) is 3.16. The molecule has 1 saturated heterocycles. The van der Waals surface area contributed by atoms with E-state index in [1.54, 1.807) is 0 Å². The Kier molecular flexibility index (Phi) is 5.30. The van der Waals surface area contributed by atoms with Gasteiger partial charge in [-0.2, -0.15) is 0 Å². The minimum atomic E-state index is 0.326. The summed E-state index contributed by atoms with van der Waals surface area (Å²) in [4.78, 5) is 2.85. The van der Waals surface area contributed by atoms with Gasteiger partial charge in [-0.25, -0.2) is 0 Å². The lowest BCUT2D eigenvalue weighted by atomic mass is 9.69. The van der Waals surface area contributed by atoms with Crippen LogP contribution in [0.25, 0.3) is 0 Å². The van der Waals surface area contributed by atoms with Gasteiger partial charge in [0, 0.05) is 18.1 Å². The van der Waals surface area contributed by atoms with Gasteiger partial charge in [0.1, 0.15) is 0 Å². The summed E-state index contributed by atoms with van der Waals surface area (Å²) in [7, 11) is 0. The zero-order chi connectivity index (χ0) is 13.9. The molecule has 112 valence electrons. The van der Waals surface area contributed by atoms with E-state index < -0.39 is 0 Å². The van der Waals surface area contributed by atoms with E-state index in [2.05, 4.69) is 25.7 Å². The SMILES string of the molecule is CCCC1CCCCN1C1(CN)CCC(C)C(C)C1. The maximum absolute atomic E-state index is 6.29. The van der Waals surface area contributed by atoms with Crippen molar-refractivity contribution in [3.63, 3.8) is 0 Å². The van der Waals surface area contributed by atoms with Crippen LogP contribution in [0.15, 0.2) is 0 Å². The summed E-state index contributed by atoms with van der Waals surface area (Å²) in [5, 5.41) is 0. The summed E-state index contributed by atoms with van der Waals surface area (Å²) < 4.78 is 0. The molecule has 1 aliphatic carbocycles. The highest BCUT2D eigenvalue weighted by Crippen LogP contribution is 2.42. The number of rotatable bonds is 4. The summed E-state index contributed by atoms with van der Waals surface area (Å²) >= 11 is 0. The molecule has 2 heteroatoms. The molecule has 0 aromatic rings. The Morgan fingerprint density at radius 3 is 2.58 bits per heavy atom. The van der Waals surface area contributed by atoms with Gasteiger partial charge in [0.25, 0.3) is 0 Å². The van der Waals surface area contributed by atoms with Gasteiger partial charge < -0.3 is 5.73 Å². The van der Waals surface area contributed by atoms with Crippen LogP contribution < -0.4 is 5.73 Å². The molecule has 2 N–H and O–H groups in total. The van der Waals surface area contributed by atoms with Crippen LogP contribution >= 0.6 is 0 Å². The van der Waals surface area contributed by atoms with Crippen molar-refractivity contribution in [3.05, 3.63) is 0 Å². The number of hydrogen-bond acceptors (Lipinski definition) is 2. The third-order valence-electron chi connectivity index (χ3n) is 5.98. The van der Waals surface area contributed by atoms with Crippen molar-refractivity contribution in [1.29, 1.82) is 0 Å². The minimum Gasteiger partial charge on any atom is -0.329 e. The first kappa shape index (κ1) is 15.3. The van der Waals surface area contributed by atoms with Crippen LogP contribution in [-0.2, 0) is 0 Å². The Morgan fingerprint density at radius 2 is 1.95 bits per heavy atom. The first-order valence-electron chi connectivity index (χ1n) is 8.60. The first-order valence-corrected chi connectivity index (χ1v) is 8.60. The van der Waals surface area contributed by atoms with Crippen LogP contribution in [0.5, 0.6) is 0 Å². The lowest BCUT2D eigenvalue weighted by Gasteiger charge is -2.54. The molecule has 0 aromatic carbocycles. The monoisotopic (exact) mass is 266 g/mol. The molecule has 4 atom stereocenters. The molecule has 2 nitrogen and oxygen atoms in total. The van der Waals surface area contributed by atoms with Gasteiger partial charge in [0.05, 0.1) is 0 Å². The summed E-state index contributed by atoms with van der Waals surface area (Å²) in [6.45, 7) is 9.35. The second-order valence-corrected chi connectivity index (χ2v) is 7.26. The quantitative estimate of drug-likeness (QED) is 0.838. The highest BCUT2D eigenvalue weighted by atomic mass is 15.2. The lowest BCUT2D eigenvalue weighted by Crippen LogP contribution is -2.61. The van der Waals surface area contributed by atoms with Crippen LogP contribution in [-0.4, -0.2) is 29.6 Å². The Bertz CT molecular complexity index is 276. The van der Waals surface area contributed by atoms with E-state index in [1.165, 1.54) is 57.9 Å². The zero-order valence-electron chi connectivity index (χ0n) is 13.3. The van der Waals surface area contributed by atoms with Crippen LogP contribution in [0.3, 0.4) is 0 Å². The topological polar surface area (TPSA) is 29.3 Å². The van der Waals surface area contributed by atoms with Crippen molar-refractivity contribution in [3.8, 4) is 0 Å². The molecule has 0 spiro atoms. The third-order valence-corrected chi connectivity index (χ3v) is 5.98. The maximum Gasteiger partial charge on any atom is 0.0337 e. The van der Waals surface area contributed by atoms with Crippen molar-refractivity contribution in [2.24, 2.45) is 17.6 Å². The lowest BCUT2D eigenvalue weighted by molar-refractivity contribution is -0.0287. The van der Waals surface area contributed by atoms with E-state index in [0.717, 1.165) is 24.4 Å². The zero-order valence-corrected chi connectivity index (χ0v) is 13.3. The van der Waals surface area contributed by atoms with Gasteiger partial charge in [0.2, 0.25) is 0 Å².